The van der Waals surface area contributed by atoms with E-state index in [1.54, 1.807) is 33.6 Å². The van der Waals surface area contributed by atoms with Crippen molar-refractivity contribution >= 4 is 58.2 Å². The van der Waals surface area contributed by atoms with Gasteiger partial charge in [-0.05, 0) is 66.7 Å². The van der Waals surface area contributed by atoms with Crippen molar-refractivity contribution in [2.75, 3.05) is 21.3 Å². The molecule has 6 rings (SSSR count). The summed E-state index contributed by atoms with van der Waals surface area (Å²) in [5.41, 5.74) is 1.33. The molecule has 5 aromatic rings. The van der Waals surface area contributed by atoms with Gasteiger partial charge in [-0.15, -0.1) is 0 Å². The van der Waals surface area contributed by atoms with Gasteiger partial charge < -0.3 is 24.1 Å². The molecule has 246 valence electrons. The fraction of sp³-hybridized carbons (Fsp3) is 0.189. The molecule has 48 heavy (non-hydrogen) atoms. The lowest BCUT2D eigenvalue weighted by molar-refractivity contribution is -0.156. The van der Waals surface area contributed by atoms with Gasteiger partial charge in [0.2, 0.25) is 0 Å². The molecule has 11 heteroatoms. The molecule has 2 heterocycles. The van der Waals surface area contributed by atoms with Crippen LogP contribution in [0.5, 0.6) is 17.2 Å². The number of ether oxygens (including phenoxy) is 4. The predicted octanol–water partition coefficient (Wildman–Crippen LogP) is 8.93. The van der Waals surface area contributed by atoms with Crippen LogP contribution in [-0.2, 0) is 9.53 Å². The Morgan fingerprint density at radius 1 is 0.812 bits per heavy atom. The molecule has 1 aromatic heterocycles. The van der Waals surface area contributed by atoms with Gasteiger partial charge >= 0.3 is 5.97 Å². The first-order valence-electron chi connectivity index (χ1n) is 15.0. The van der Waals surface area contributed by atoms with Crippen molar-refractivity contribution in [1.29, 1.82) is 0 Å². The third-order valence-electron chi connectivity index (χ3n) is 7.47. The number of esters is 1. The summed E-state index contributed by atoms with van der Waals surface area (Å²) >= 11 is 4.18. The van der Waals surface area contributed by atoms with Crippen molar-refractivity contribution in [2.24, 2.45) is 0 Å². The predicted molar refractivity (Wildman–Crippen MR) is 187 cm³/mol. The summed E-state index contributed by atoms with van der Waals surface area (Å²) in [5, 5.41) is 10.8. The minimum Gasteiger partial charge on any atom is -0.497 e. The molecular formula is C37H32FNO6S3. The highest BCUT2D eigenvalue weighted by molar-refractivity contribution is 8.02. The van der Waals surface area contributed by atoms with Crippen molar-refractivity contribution < 1.29 is 33.2 Å². The number of nitrogens with zero attached hydrogens (tertiary/aromatic N) is 1. The van der Waals surface area contributed by atoms with E-state index in [0.717, 1.165) is 19.6 Å². The number of cyclic esters (lactones) is 1. The Morgan fingerprint density at radius 3 is 1.90 bits per heavy atom. The number of pyridine rings is 1. The molecule has 0 saturated carbocycles. The SMILES string of the molecule is COc1cccc(Sc2c(F)cc3c(Sc4cccc(OC)c4)c(/C=C/[C@@H]4C[C@@H](O)CC(=O)O4)cnc3c2Sc2cccc(OC)c2)c1. The van der Waals surface area contributed by atoms with Crippen molar-refractivity contribution in [3.63, 3.8) is 0 Å². The Bertz CT molecular complexity index is 1990. The Hall–Kier alpha value is -4.16. The van der Waals surface area contributed by atoms with Crippen LogP contribution in [0, 0.1) is 5.82 Å². The van der Waals surface area contributed by atoms with E-state index < -0.39 is 24.0 Å². The average molecular weight is 702 g/mol. The van der Waals surface area contributed by atoms with Gasteiger partial charge in [0.25, 0.3) is 0 Å². The van der Waals surface area contributed by atoms with E-state index in [2.05, 4.69) is 0 Å². The molecule has 4 aromatic carbocycles. The summed E-state index contributed by atoms with van der Waals surface area (Å²) in [6, 6.07) is 24.3. The number of aromatic nitrogens is 1. The van der Waals surface area contributed by atoms with Gasteiger partial charge in [-0.2, -0.15) is 0 Å². The molecule has 0 aliphatic carbocycles. The van der Waals surface area contributed by atoms with Gasteiger partial charge in [0.1, 0.15) is 29.2 Å². The number of aliphatic hydroxyl groups is 1. The average Bonchev–Trinajstić information content (AvgIpc) is 3.09. The van der Waals surface area contributed by atoms with Gasteiger partial charge in [-0.1, -0.05) is 59.6 Å². The minimum atomic E-state index is -0.771. The van der Waals surface area contributed by atoms with Crippen LogP contribution in [0.25, 0.3) is 17.0 Å². The third kappa shape index (κ3) is 7.92. The highest BCUT2D eigenvalue weighted by Crippen LogP contribution is 2.48. The van der Waals surface area contributed by atoms with Crippen LogP contribution >= 0.6 is 35.3 Å². The summed E-state index contributed by atoms with van der Waals surface area (Å²) < 4.78 is 38.4. The number of hydrogen-bond donors (Lipinski definition) is 1. The van der Waals surface area contributed by atoms with Crippen molar-refractivity contribution in [1.82, 2.24) is 4.98 Å². The maximum Gasteiger partial charge on any atom is 0.309 e. The molecular weight excluding hydrogens is 670 g/mol. The zero-order valence-corrected chi connectivity index (χ0v) is 28.8. The number of carbonyl (C=O) groups excluding carboxylic acids is 1. The van der Waals surface area contributed by atoms with Crippen molar-refractivity contribution in [3.8, 4) is 17.2 Å². The molecule has 0 radical (unpaired) electrons. The van der Waals surface area contributed by atoms with E-state index in [4.69, 9.17) is 23.9 Å². The molecule has 2 atom stereocenters. The summed E-state index contributed by atoms with van der Waals surface area (Å²) in [6.07, 6.45) is 4.21. The number of halogens is 1. The highest BCUT2D eigenvalue weighted by Gasteiger charge is 2.26. The largest absolute Gasteiger partial charge is 0.497 e. The van der Waals surface area contributed by atoms with Gasteiger partial charge in [0.15, 0.2) is 0 Å². The summed E-state index contributed by atoms with van der Waals surface area (Å²) in [7, 11) is 4.82. The van der Waals surface area contributed by atoms with E-state index in [1.807, 2.05) is 78.9 Å². The van der Waals surface area contributed by atoms with Crippen LogP contribution in [0.2, 0.25) is 0 Å². The lowest BCUT2D eigenvalue weighted by atomic mass is 10.0. The Labute approximate surface area is 290 Å². The van der Waals surface area contributed by atoms with Gasteiger partial charge in [0, 0.05) is 43.1 Å². The van der Waals surface area contributed by atoms with Crippen LogP contribution in [0.3, 0.4) is 0 Å². The topological polar surface area (TPSA) is 87.1 Å². The number of aliphatic hydroxyl groups excluding tert-OH is 1. The van der Waals surface area contributed by atoms with E-state index in [9.17, 15) is 9.90 Å². The quantitative estimate of drug-likeness (QED) is 0.135. The van der Waals surface area contributed by atoms with E-state index in [0.29, 0.717) is 49.9 Å². The molecule has 1 aliphatic heterocycles. The van der Waals surface area contributed by atoms with Crippen LogP contribution in [0.4, 0.5) is 4.39 Å². The first kappa shape index (κ1) is 33.7. The molecule has 1 saturated heterocycles. The van der Waals surface area contributed by atoms with Crippen LogP contribution in [0.15, 0.2) is 121 Å². The van der Waals surface area contributed by atoms with Crippen molar-refractivity contribution in [2.45, 2.75) is 54.4 Å². The Morgan fingerprint density at radius 2 is 1.35 bits per heavy atom. The molecule has 7 nitrogen and oxygen atoms in total. The summed E-state index contributed by atoms with van der Waals surface area (Å²) in [6.45, 7) is 0. The maximum atomic E-state index is 16.6. The standard InChI is InChI=1S/C37H32FNO6S3/c1-42-24-7-4-10-28(17-24)46-35-22(13-14-27-15-23(40)16-33(41)45-27)21-39-34-31(35)20-32(38)36(47-29-11-5-8-25(18-29)43-2)37(34)48-30-12-6-9-26(19-30)44-3/h4-14,17-21,23,27,40H,15-16H2,1-3H3/b14-13+/t23-,27-/m1/s1. The fourth-order valence-electron chi connectivity index (χ4n) is 5.16. The molecule has 1 N–H and O–H groups in total. The number of carbonyl (C=O) groups is 1. The smallest absolute Gasteiger partial charge is 0.309 e. The summed E-state index contributed by atoms with van der Waals surface area (Å²) in [5.74, 6) is 1.20. The van der Waals surface area contributed by atoms with E-state index in [1.165, 1.54) is 41.4 Å². The molecule has 0 bridgehead atoms. The highest BCUT2D eigenvalue weighted by atomic mass is 32.2. The number of methoxy groups -OCH3 is 3. The van der Waals surface area contributed by atoms with E-state index in [-0.39, 0.29) is 6.42 Å². The molecule has 1 fully saturated rings. The Balaban J connectivity index is 1.53. The number of fused-ring (bicyclic) bond motifs is 1. The fourth-order valence-corrected chi connectivity index (χ4v) is 8.38. The third-order valence-corrected chi connectivity index (χ3v) is 10.9. The summed E-state index contributed by atoms with van der Waals surface area (Å²) in [4.78, 5) is 21.3. The molecule has 1 aliphatic rings. The Kier molecular flexibility index (Phi) is 10.8. The van der Waals surface area contributed by atoms with E-state index >= 15 is 4.39 Å². The van der Waals surface area contributed by atoms with Gasteiger partial charge in [-0.3, -0.25) is 9.78 Å². The number of hydrogen-bond acceptors (Lipinski definition) is 10. The minimum absolute atomic E-state index is 0.0259. The number of benzene rings is 4. The van der Waals surface area contributed by atoms with Gasteiger partial charge in [0.05, 0.1) is 49.2 Å². The zero-order valence-electron chi connectivity index (χ0n) is 26.3. The second kappa shape index (κ2) is 15.4. The normalized spacial score (nSPS) is 16.2. The first-order valence-corrected chi connectivity index (χ1v) is 17.4. The first-order chi connectivity index (χ1) is 23.3. The van der Waals surface area contributed by atoms with Crippen LogP contribution < -0.4 is 14.2 Å². The zero-order chi connectivity index (χ0) is 33.6. The maximum absolute atomic E-state index is 16.6. The molecule has 0 spiro atoms. The monoisotopic (exact) mass is 701 g/mol. The van der Waals surface area contributed by atoms with Crippen LogP contribution in [-0.4, -0.2) is 49.6 Å². The molecule has 0 unspecified atom stereocenters. The second-order valence-corrected chi connectivity index (χ2v) is 14.0. The number of rotatable bonds is 11. The second-order valence-electron chi connectivity index (χ2n) is 10.8. The molecule has 0 amide bonds. The van der Waals surface area contributed by atoms with Gasteiger partial charge in [-0.25, -0.2) is 4.39 Å². The lowest BCUT2D eigenvalue weighted by Gasteiger charge is -2.23. The van der Waals surface area contributed by atoms with Crippen LogP contribution in [0.1, 0.15) is 18.4 Å². The van der Waals surface area contributed by atoms with Crippen molar-refractivity contribution in [3.05, 3.63) is 103 Å². The lowest BCUT2D eigenvalue weighted by Crippen LogP contribution is -2.31.